The first-order valence-corrected chi connectivity index (χ1v) is 6.89. The first-order valence-electron chi connectivity index (χ1n) is 6.89. The zero-order chi connectivity index (χ0) is 11.7. The Balaban J connectivity index is 1.48. The maximum atomic E-state index is 5.77. The highest BCUT2D eigenvalue weighted by Gasteiger charge is 2.47. The molecule has 3 rings (SSSR count). The van der Waals surface area contributed by atoms with Crippen LogP contribution in [-0.2, 0) is 6.42 Å². The second-order valence-corrected chi connectivity index (χ2v) is 5.42. The molecule has 0 bridgehead atoms. The Hall–Kier alpha value is -0.900. The smallest absolute Gasteiger partial charge is 0.219 e. The average Bonchev–Trinajstić information content (AvgIpc) is 2.81. The van der Waals surface area contributed by atoms with Gasteiger partial charge in [0.05, 0.1) is 0 Å². The van der Waals surface area contributed by atoms with E-state index < -0.39 is 0 Å². The monoisotopic (exact) mass is 235 g/mol. The molecule has 0 spiro atoms. The van der Waals surface area contributed by atoms with Crippen molar-refractivity contribution < 1.29 is 4.42 Å². The normalized spacial score (nSPS) is 30.5. The molecule has 1 N–H and O–H groups in total. The Morgan fingerprint density at radius 1 is 1.24 bits per heavy atom. The van der Waals surface area contributed by atoms with Crippen LogP contribution in [0.15, 0.2) is 4.42 Å². The van der Waals surface area contributed by atoms with Crippen LogP contribution in [0, 0.1) is 11.8 Å². The van der Waals surface area contributed by atoms with Crippen LogP contribution in [0.3, 0.4) is 0 Å². The summed E-state index contributed by atoms with van der Waals surface area (Å²) in [5.74, 6) is 4.23. The van der Waals surface area contributed by atoms with Crippen molar-refractivity contribution in [2.45, 2.75) is 44.9 Å². The molecule has 0 amide bonds. The summed E-state index contributed by atoms with van der Waals surface area (Å²) in [5, 5.41) is 11.7. The maximum absolute atomic E-state index is 5.77. The van der Waals surface area contributed by atoms with Gasteiger partial charge in [0.2, 0.25) is 11.8 Å². The summed E-state index contributed by atoms with van der Waals surface area (Å²) in [7, 11) is 0. The van der Waals surface area contributed by atoms with Crippen molar-refractivity contribution in [3.05, 3.63) is 11.8 Å². The Morgan fingerprint density at radius 2 is 2.06 bits per heavy atom. The van der Waals surface area contributed by atoms with Crippen molar-refractivity contribution in [1.29, 1.82) is 0 Å². The SMILES string of the molecule is CCNCCCc1nnc(C2CC3CC3C2)o1. The van der Waals surface area contributed by atoms with Crippen LogP contribution in [-0.4, -0.2) is 23.3 Å². The molecular formula is C13H21N3O. The first kappa shape index (κ1) is 11.2. The second kappa shape index (κ2) is 4.77. The van der Waals surface area contributed by atoms with Crippen molar-refractivity contribution in [2.75, 3.05) is 13.1 Å². The van der Waals surface area contributed by atoms with Crippen LogP contribution in [0.1, 0.15) is 50.3 Å². The lowest BCUT2D eigenvalue weighted by Crippen LogP contribution is -2.14. The molecule has 0 radical (unpaired) electrons. The predicted molar refractivity (Wildman–Crippen MR) is 64.7 cm³/mol. The van der Waals surface area contributed by atoms with Gasteiger partial charge in [-0.25, -0.2) is 0 Å². The highest BCUT2D eigenvalue weighted by molar-refractivity contribution is 5.06. The second-order valence-electron chi connectivity index (χ2n) is 5.42. The van der Waals surface area contributed by atoms with Crippen molar-refractivity contribution in [2.24, 2.45) is 11.8 Å². The lowest BCUT2D eigenvalue weighted by Gasteiger charge is -2.04. The molecule has 0 aromatic carbocycles. The molecular weight excluding hydrogens is 214 g/mol. The summed E-state index contributed by atoms with van der Waals surface area (Å²) in [4.78, 5) is 0. The molecule has 2 atom stereocenters. The van der Waals surface area contributed by atoms with Crippen LogP contribution in [0.2, 0.25) is 0 Å². The lowest BCUT2D eigenvalue weighted by molar-refractivity contribution is 0.399. The molecule has 2 unspecified atom stereocenters. The van der Waals surface area contributed by atoms with Gasteiger partial charge in [-0.15, -0.1) is 10.2 Å². The van der Waals surface area contributed by atoms with Crippen molar-refractivity contribution in [1.82, 2.24) is 15.5 Å². The van der Waals surface area contributed by atoms with E-state index in [0.717, 1.165) is 49.5 Å². The first-order chi connectivity index (χ1) is 8.36. The van der Waals surface area contributed by atoms with Gasteiger partial charge in [-0.3, -0.25) is 0 Å². The third kappa shape index (κ3) is 2.51. The summed E-state index contributed by atoms with van der Waals surface area (Å²) in [6.07, 6.45) is 5.98. The molecule has 94 valence electrons. The van der Waals surface area contributed by atoms with Gasteiger partial charge in [-0.2, -0.15) is 0 Å². The fourth-order valence-electron chi connectivity index (χ4n) is 2.99. The topological polar surface area (TPSA) is 51.0 Å². The Labute approximate surface area is 102 Å². The lowest BCUT2D eigenvalue weighted by atomic mass is 10.0. The Bertz CT molecular complexity index is 366. The minimum absolute atomic E-state index is 0.564. The highest BCUT2D eigenvalue weighted by atomic mass is 16.4. The minimum Gasteiger partial charge on any atom is -0.425 e. The Morgan fingerprint density at radius 3 is 2.82 bits per heavy atom. The third-order valence-electron chi connectivity index (χ3n) is 4.07. The largest absolute Gasteiger partial charge is 0.425 e. The fourth-order valence-corrected chi connectivity index (χ4v) is 2.99. The zero-order valence-electron chi connectivity index (χ0n) is 10.5. The van der Waals surface area contributed by atoms with Crippen molar-refractivity contribution in [3.8, 4) is 0 Å². The van der Waals surface area contributed by atoms with Gasteiger partial charge < -0.3 is 9.73 Å². The van der Waals surface area contributed by atoms with E-state index in [9.17, 15) is 0 Å². The van der Waals surface area contributed by atoms with Gasteiger partial charge in [0.15, 0.2) is 0 Å². The number of nitrogens with one attached hydrogen (secondary N) is 1. The van der Waals surface area contributed by atoms with E-state index in [1.54, 1.807) is 0 Å². The molecule has 2 aliphatic rings. The molecule has 4 heteroatoms. The van der Waals surface area contributed by atoms with Gasteiger partial charge in [0, 0.05) is 12.3 Å². The standard InChI is InChI=1S/C13H21N3O/c1-2-14-5-3-4-12-15-16-13(17-12)11-7-9-6-10(9)8-11/h9-11,14H,2-8H2,1H3. The summed E-state index contributed by atoms with van der Waals surface area (Å²) in [5.41, 5.74) is 0. The summed E-state index contributed by atoms with van der Waals surface area (Å²) in [6, 6.07) is 0. The van der Waals surface area contributed by atoms with E-state index in [4.69, 9.17) is 4.42 Å². The molecule has 0 saturated heterocycles. The summed E-state index contributed by atoms with van der Waals surface area (Å²) in [6.45, 7) is 4.18. The molecule has 2 saturated carbocycles. The number of aryl methyl sites for hydroxylation is 1. The summed E-state index contributed by atoms with van der Waals surface area (Å²) < 4.78 is 5.77. The molecule has 2 fully saturated rings. The highest BCUT2D eigenvalue weighted by Crippen LogP contribution is 2.57. The third-order valence-corrected chi connectivity index (χ3v) is 4.07. The number of hydrogen-bond acceptors (Lipinski definition) is 4. The molecule has 2 aliphatic carbocycles. The van der Waals surface area contributed by atoms with Gasteiger partial charge in [0.25, 0.3) is 0 Å². The van der Waals surface area contributed by atoms with E-state index in [-0.39, 0.29) is 0 Å². The number of hydrogen-bond donors (Lipinski definition) is 1. The summed E-state index contributed by atoms with van der Waals surface area (Å²) >= 11 is 0. The molecule has 4 nitrogen and oxygen atoms in total. The Kier molecular flexibility index (Phi) is 3.14. The number of aromatic nitrogens is 2. The average molecular weight is 235 g/mol. The number of fused-ring (bicyclic) bond motifs is 1. The maximum Gasteiger partial charge on any atom is 0.219 e. The number of nitrogens with zero attached hydrogens (tertiary/aromatic N) is 2. The zero-order valence-corrected chi connectivity index (χ0v) is 10.5. The van der Waals surface area contributed by atoms with E-state index in [0.29, 0.717) is 5.92 Å². The van der Waals surface area contributed by atoms with E-state index >= 15 is 0 Å². The van der Waals surface area contributed by atoms with Gasteiger partial charge in [-0.05, 0) is 50.6 Å². The molecule has 0 aliphatic heterocycles. The van der Waals surface area contributed by atoms with Gasteiger partial charge >= 0.3 is 0 Å². The van der Waals surface area contributed by atoms with Gasteiger partial charge in [-0.1, -0.05) is 6.92 Å². The molecule has 1 heterocycles. The van der Waals surface area contributed by atoms with Crippen LogP contribution < -0.4 is 5.32 Å². The van der Waals surface area contributed by atoms with E-state index in [1.807, 2.05) is 0 Å². The van der Waals surface area contributed by atoms with E-state index in [1.165, 1.54) is 19.3 Å². The van der Waals surface area contributed by atoms with Crippen LogP contribution in [0.5, 0.6) is 0 Å². The van der Waals surface area contributed by atoms with Crippen molar-refractivity contribution >= 4 is 0 Å². The van der Waals surface area contributed by atoms with Crippen LogP contribution in [0.25, 0.3) is 0 Å². The van der Waals surface area contributed by atoms with Crippen molar-refractivity contribution in [3.63, 3.8) is 0 Å². The van der Waals surface area contributed by atoms with Gasteiger partial charge in [0.1, 0.15) is 0 Å². The fraction of sp³-hybridized carbons (Fsp3) is 0.846. The van der Waals surface area contributed by atoms with E-state index in [2.05, 4.69) is 22.4 Å². The minimum atomic E-state index is 0.564. The van der Waals surface area contributed by atoms with Crippen LogP contribution >= 0.6 is 0 Å². The quantitative estimate of drug-likeness (QED) is 0.767. The molecule has 1 aromatic heterocycles. The molecule has 17 heavy (non-hydrogen) atoms. The number of rotatable bonds is 6. The molecule has 1 aromatic rings. The van der Waals surface area contributed by atoms with Crippen LogP contribution in [0.4, 0.5) is 0 Å². The predicted octanol–water partition coefficient (Wildman–Crippen LogP) is 2.13.